The third-order valence-electron chi connectivity index (χ3n) is 3.15. The topological polar surface area (TPSA) is 104 Å². The fourth-order valence-electron chi connectivity index (χ4n) is 2.16. The molecule has 1 aliphatic heterocycles. The summed E-state index contributed by atoms with van der Waals surface area (Å²) in [5, 5.41) is 9.03. The molecule has 0 unspecified atom stereocenters. The highest BCUT2D eigenvalue weighted by Crippen LogP contribution is 2.21. The lowest BCUT2D eigenvalue weighted by atomic mass is 10.2. The van der Waals surface area contributed by atoms with Crippen LogP contribution in [-0.4, -0.2) is 34.4 Å². The maximum Gasteiger partial charge on any atom is 0.240 e. The Bertz CT molecular complexity index is 797. The molecule has 1 saturated heterocycles. The van der Waals surface area contributed by atoms with Crippen molar-refractivity contribution in [3.63, 3.8) is 0 Å². The van der Waals surface area contributed by atoms with Crippen molar-refractivity contribution < 1.29 is 16.8 Å². The number of nitrogens with zero attached hydrogens (tertiary/aromatic N) is 1. The minimum atomic E-state index is -3.88. The molecule has 0 amide bonds. The Morgan fingerprint density at radius 2 is 2.10 bits per heavy atom. The van der Waals surface area contributed by atoms with Crippen molar-refractivity contribution >= 4 is 31.5 Å². The highest BCUT2D eigenvalue weighted by Gasteiger charge is 2.28. The van der Waals surface area contributed by atoms with Crippen LogP contribution in [0.2, 0.25) is 5.02 Å². The average molecular weight is 349 g/mol. The van der Waals surface area contributed by atoms with E-state index in [9.17, 15) is 16.8 Å². The van der Waals surface area contributed by atoms with Crippen molar-refractivity contribution in [1.29, 1.82) is 5.26 Å². The van der Waals surface area contributed by atoms with E-state index in [1.807, 2.05) is 0 Å². The molecule has 0 spiro atoms. The van der Waals surface area contributed by atoms with Gasteiger partial charge in [-0.05, 0) is 31.0 Å². The van der Waals surface area contributed by atoms with E-state index in [1.165, 1.54) is 18.2 Å². The molecule has 1 N–H and O–H groups in total. The lowest BCUT2D eigenvalue weighted by molar-refractivity contribution is 0.517. The Morgan fingerprint density at radius 1 is 1.38 bits per heavy atom. The van der Waals surface area contributed by atoms with Crippen LogP contribution in [0.1, 0.15) is 18.4 Å². The SMILES string of the molecule is N#Cc1cc(S(=O)(=O)N[C@H]2CCCS(=O)(=O)C2)ccc1Cl. The number of benzene rings is 1. The molecule has 1 aliphatic rings. The van der Waals surface area contributed by atoms with Crippen molar-refractivity contribution in [2.75, 3.05) is 11.5 Å². The van der Waals surface area contributed by atoms with Gasteiger partial charge in [-0.2, -0.15) is 5.26 Å². The summed E-state index contributed by atoms with van der Waals surface area (Å²) < 4.78 is 49.9. The summed E-state index contributed by atoms with van der Waals surface area (Å²) >= 11 is 5.76. The minimum Gasteiger partial charge on any atom is -0.229 e. The Labute approximate surface area is 128 Å². The van der Waals surface area contributed by atoms with Crippen molar-refractivity contribution in [2.24, 2.45) is 0 Å². The van der Waals surface area contributed by atoms with Crippen LogP contribution in [-0.2, 0) is 19.9 Å². The van der Waals surface area contributed by atoms with E-state index < -0.39 is 25.9 Å². The van der Waals surface area contributed by atoms with Gasteiger partial charge >= 0.3 is 0 Å². The molecule has 9 heteroatoms. The van der Waals surface area contributed by atoms with Gasteiger partial charge in [0, 0.05) is 6.04 Å². The van der Waals surface area contributed by atoms with Crippen LogP contribution in [0.25, 0.3) is 0 Å². The smallest absolute Gasteiger partial charge is 0.229 e. The Kier molecular flexibility index (Phi) is 4.58. The van der Waals surface area contributed by atoms with E-state index >= 15 is 0 Å². The van der Waals surface area contributed by atoms with Crippen molar-refractivity contribution in [2.45, 2.75) is 23.8 Å². The second-order valence-electron chi connectivity index (χ2n) is 4.83. The Balaban J connectivity index is 2.25. The molecule has 21 heavy (non-hydrogen) atoms. The first-order valence-corrected chi connectivity index (χ1v) is 9.84. The lowest BCUT2D eigenvalue weighted by Crippen LogP contribution is -2.43. The molecule has 0 bridgehead atoms. The van der Waals surface area contributed by atoms with Crippen LogP contribution in [0.3, 0.4) is 0 Å². The number of sulfone groups is 1. The van der Waals surface area contributed by atoms with Crippen molar-refractivity contribution in [3.05, 3.63) is 28.8 Å². The van der Waals surface area contributed by atoms with Crippen molar-refractivity contribution in [1.82, 2.24) is 4.72 Å². The fraction of sp³-hybridized carbons (Fsp3) is 0.417. The zero-order valence-electron chi connectivity index (χ0n) is 10.9. The maximum absolute atomic E-state index is 12.2. The first-order valence-electron chi connectivity index (χ1n) is 6.16. The minimum absolute atomic E-state index is 0.0517. The molecular weight excluding hydrogens is 336 g/mol. The van der Waals surface area contributed by atoms with E-state index in [-0.39, 0.29) is 27.0 Å². The van der Waals surface area contributed by atoms with E-state index in [2.05, 4.69) is 4.72 Å². The monoisotopic (exact) mass is 348 g/mol. The zero-order chi connectivity index (χ0) is 15.7. The molecule has 0 radical (unpaired) electrons. The largest absolute Gasteiger partial charge is 0.240 e. The number of hydrogen-bond donors (Lipinski definition) is 1. The van der Waals surface area contributed by atoms with Gasteiger partial charge in [0.05, 0.1) is 27.0 Å². The molecule has 0 aromatic heterocycles. The number of rotatable bonds is 3. The third kappa shape index (κ3) is 3.95. The second-order valence-corrected chi connectivity index (χ2v) is 9.18. The van der Waals surface area contributed by atoms with Crippen LogP contribution >= 0.6 is 11.6 Å². The molecule has 6 nitrogen and oxygen atoms in total. The van der Waals surface area contributed by atoms with Crippen LogP contribution in [0.4, 0.5) is 0 Å². The van der Waals surface area contributed by atoms with E-state index in [0.717, 1.165) is 0 Å². The zero-order valence-corrected chi connectivity index (χ0v) is 13.3. The maximum atomic E-state index is 12.2. The van der Waals surface area contributed by atoms with Crippen LogP contribution in [0.15, 0.2) is 23.1 Å². The van der Waals surface area contributed by atoms with Gasteiger partial charge in [-0.1, -0.05) is 11.6 Å². The molecular formula is C12H13ClN2O4S2. The fourth-order valence-corrected chi connectivity index (χ4v) is 5.36. The van der Waals surface area contributed by atoms with E-state index in [4.69, 9.17) is 16.9 Å². The Morgan fingerprint density at radius 3 is 2.71 bits per heavy atom. The van der Waals surface area contributed by atoms with Gasteiger partial charge in [-0.25, -0.2) is 21.6 Å². The van der Waals surface area contributed by atoms with Crippen LogP contribution < -0.4 is 4.72 Å². The van der Waals surface area contributed by atoms with Crippen LogP contribution in [0.5, 0.6) is 0 Å². The number of sulfonamides is 1. The number of nitriles is 1. The number of nitrogens with one attached hydrogen (secondary N) is 1. The van der Waals surface area contributed by atoms with Gasteiger partial charge in [0.25, 0.3) is 0 Å². The molecule has 1 aromatic carbocycles. The second kappa shape index (κ2) is 5.93. The van der Waals surface area contributed by atoms with Gasteiger partial charge in [-0.3, -0.25) is 0 Å². The summed E-state index contributed by atoms with van der Waals surface area (Å²) in [5.74, 6) is -0.115. The Hall–Kier alpha value is -1.14. The third-order valence-corrected chi connectivity index (χ3v) is 6.82. The first kappa shape index (κ1) is 16.2. The summed E-state index contributed by atoms with van der Waals surface area (Å²) in [7, 11) is -7.09. The summed E-state index contributed by atoms with van der Waals surface area (Å²) in [4.78, 5) is -0.105. The molecule has 1 atom stereocenters. The molecule has 0 saturated carbocycles. The quantitative estimate of drug-likeness (QED) is 0.879. The summed E-state index contributed by atoms with van der Waals surface area (Å²) in [5.41, 5.74) is 0.0517. The summed E-state index contributed by atoms with van der Waals surface area (Å²) in [6.45, 7) is 0. The summed E-state index contributed by atoms with van der Waals surface area (Å²) in [6.07, 6.45) is 0.900. The van der Waals surface area contributed by atoms with Crippen molar-refractivity contribution in [3.8, 4) is 6.07 Å². The number of halogens is 1. The molecule has 0 aliphatic carbocycles. The standard InChI is InChI=1S/C12H13ClN2O4S2/c13-12-4-3-11(6-9(12)7-14)21(18,19)15-10-2-1-5-20(16,17)8-10/h3-4,6,10,15H,1-2,5,8H2/t10-/m0/s1. The predicted octanol–water partition coefficient (Wildman–Crippen LogP) is 1.07. The van der Waals surface area contributed by atoms with Gasteiger partial charge in [0.15, 0.2) is 9.84 Å². The highest BCUT2D eigenvalue weighted by atomic mass is 35.5. The molecule has 1 heterocycles. The van der Waals surface area contributed by atoms with Gasteiger partial charge < -0.3 is 0 Å². The first-order chi connectivity index (χ1) is 9.73. The van der Waals surface area contributed by atoms with E-state index in [0.29, 0.717) is 12.8 Å². The summed E-state index contributed by atoms with van der Waals surface area (Å²) in [6, 6.07) is 4.94. The molecule has 1 fully saturated rings. The van der Waals surface area contributed by atoms with E-state index in [1.54, 1.807) is 6.07 Å². The molecule has 114 valence electrons. The van der Waals surface area contributed by atoms with Crippen LogP contribution in [0, 0.1) is 11.3 Å². The van der Waals surface area contributed by atoms with Gasteiger partial charge in [0.2, 0.25) is 10.0 Å². The molecule has 2 rings (SSSR count). The normalized spacial score (nSPS) is 21.6. The average Bonchev–Trinajstić information content (AvgIpc) is 2.37. The van der Waals surface area contributed by atoms with Gasteiger partial charge in [-0.15, -0.1) is 0 Å². The van der Waals surface area contributed by atoms with Gasteiger partial charge in [0.1, 0.15) is 6.07 Å². The lowest BCUT2D eigenvalue weighted by Gasteiger charge is -2.22. The predicted molar refractivity (Wildman–Crippen MR) is 78.2 cm³/mol. The molecule has 1 aromatic rings. The number of hydrogen-bond acceptors (Lipinski definition) is 5. The highest BCUT2D eigenvalue weighted by molar-refractivity contribution is 7.91.